The minimum Gasteiger partial charge on any atom is -0.342 e. The van der Waals surface area contributed by atoms with Crippen LogP contribution in [0.3, 0.4) is 0 Å². The molecule has 3 N–H and O–H groups in total. The van der Waals surface area contributed by atoms with E-state index in [1.165, 1.54) is 57.8 Å². The van der Waals surface area contributed by atoms with E-state index in [1.54, 1.807) is 0 Å². The van der Waals surface area contributed by atoms with E-state index in [9.17, 15) is 0 Å². The maximum absolute atomic E-state index is 5.63. The predicted molar refractivity (Wildman–Crippen MR) is 74.1 cm³/mol. The number of nitrogens with one attached hydrogen (secondary N) is 1. The summed E-state index contributed by atoms with van der Waals surface area (Å²) in [5.74, 6) is 6.56. The number of nitrogens with zero attached hydrogens (tertiary/aromatic N) is 2. The first-order valence-corrected chi connectivity index (χ1v) is 7.61. The summed E-state index contributed by atoms with van der Waals surface area (Å²) in [6.45, 7) is 2.27. The summed E-state index contributed by atoms with van der Waals surface area (Å²) in [7, 11) is 0. The summed E-state index contributed by atoms with van der Waals surface area (Å²) in [6, 6.07) is 0.543. The Morgan fingerprint density at radius 2 is 1.72 bits per heavy atom. The molecular weight excluding hydrogens is 224 g/mol. The molecule has 0 aromatic carbocycles. The maximum Gasteiger partial charge on any atom is 0.208 e. The second-order valence-corrected chi connectivity index (χ2v) is 6.38. The molecule has 0 aromatic rings. The summed E-state index contributed by atoms with van der Waals surface area (Å²) >= 11 is 0. The van der Waals surface area contributed by atoms with Gasteiger partial charge in [-0.25, -0.2) is 10.8 Å². The molecule has 2 aliphatic carbocycles. The van der Waals surface area contributed by atoms with E-state index in [-0.39, 0.29) is 0 Å². The van der Waals surface area contributed by atoms with E-state index < -0.39 is 0 Å². The Morgan fingerprint density at radius 3 is 2.28 bits per heavy atom. The van der Waals surface area contributed by atoms with E-state index >= 15 is 0 Å². The van der Waals surface area contributed by atoms with Crippen LogP contribution in [-0.2, 0) is 0 Å². The summed E-state index contributed by atoms with van der Waals surface area (Å²) in [5, 5.41) is 0. The Kier molecular flexibility index (Phi) is 3.46. The summed E-state index contributed by atoms with van der Waals surface area (Å²) in [4.78, 5) is 7.03. The van der Waals surface area contributed by atoms with E-state index in [0.717, 1.165) is 19.0 Å². The van der Waals surface area contributed by atoms with Crippen LogP contribution in [0.1, 0.15) is 57.8 Å². The van der Waals surface area contributed by atoms with Crippen molar-refractivity contribution < 1.29 is 0 Å². The first kappa shape index (κ1) is 12.3. The Bertz CT molecular complexity index is 306. The van der Waals surface area contributed by atoms with Gasteiger partial charge < -0.3 is 4.90 Å². The third-order valence-electron chi connectivity index (χ3n) is 5.02. The molecule has 3 fully saturated rings. The molecule has 0 aromatic heterocycles. The molecule has 3 rings (SSSR count). The van der Waals surface area contributed by atoms with Crippen LogP contribution in [0.5, 0.6) is 0 Å². The largest absolute Gasteiger partial charge is 0.342 e. The Hall–Kier alpha value is -0.770. The molecule has 1 heterocycles. The highest BCUT2D eigenvalue weighted by Crippen LogP contribution is 2.44. The number of likely N-dealkylation sites (tertiary alicyclic amines) is 1. The molecule has 4 heteroatoms. The van der Waals surface area contributed by atoms with Gasteiger partial charge in [0.15, 0.2) is 0 Å². The van der Waals surface area contributed by atoms with Crippen LogP contribution >= 0.6 is 0 Å². The molecule has 0 radical (unpaired) electrons. The van der Waals surface area contributed by atoms with Crippen LogP contribution < -0.4 is 11.3 Å². The zero-order valence-corrected chi connectivity index (χ0v) is 11.3. The Morgan fingerprint density at radius 1 is 1.06 bits per heavy atom. The summed E-state index contributed by atoms with van der Waals surface area (Å²) < 4.78 is 0. The van der Waals surface area contributed by atoms with Gasteiger partial charge in [-0.1, -0.05) is 19.3 Å². The lowest BCUT2D eigenvalue weighted by atomic mass is 9.68. The van der Waals surface area contributed by atoms with Crippen LogP contribution in [0.15, 0.2) is 4.99 Å². The first-order chi connectivity index (χ1) is 8.81. The number of rotatable bonds is 1. The standard InChI is InChI=1S/C14H26N4/c15-17-13(16-12-4-5-12)18-10-8-14(9-11-18)6-2-1-3-7-14/h12H,1-11,15H2,(H,16,17). The van der Waals surface area contributed by atoms with Crippen LogP contribution in [0.4, 0.5) is 0 Å². The lowest BCUT2D eigenvalue weighted by Gasteiger charge is -2.44. The smallest absolute Gasteiger partial charge is 0.208 e. The Labute approximate surface area is 110 Å². The molecule has 0 unspecified atom stereocenters. The second kappa shape index (κ2) is 5.08. The Balaban J connectivity index is 1.58. The van der Waals surface area contributed by atoms with Crippen molar-refractivity contribution in [2.24, 2.45) is 16.3 Å². The molecule has 1 spiro atoms. The van der Waals surface area contributed by atoms with Crippen molar-refractivity contribution >= 4 is 5.96 Å². The predicted octanol–water partition coefficient (Wildman–Crippen LogP) is 2.01. The van der Waals surface area contributed by atoms with E-state index in [4.69, 9.17) is 5.84 Å². The molecule has 0 atom stereocenters. The van der Waals surface area contributed by atoms with Crippen molar-refractivity contribution in [2.45, 2.75) is 63.8 Å². The van der Waals surface area contributed by atoms with Gasteiger partial charge in [0.25, 0.3) is 0 Å². The van der Waals surface area contributed by atoms with Gasteiger partial charge in [0, 0.05) is 13.1 Å². The minimum atomic E-state index is 0.543. The SMILES string of the molecule is NNC(=NC1CC1)N1CCC2(CCCCC2)CC1. The molecular formula is C14H26N4. The van der Waals surface area contributed by atoms with Gasteiger partial charge in [-0.2, -0.15) is 0 Å². The number of nitrogens with two attached hydrogens (primary N) is 1. The number of piperidine rings is 1. The van der Waals surface area contributed by atoms with Gasteiger partial charge >= 0.3 is 0 Å². The average Bonchev–Trinajstić information content (AvgIpc) is 3.22. The van der Waals surface area contributed by atoms with Crippen molar-refractivity contribution in [1.29, 1.82) is 0 Å². The topological polar surface area (TPSA) is 53.6 Å². The lowest BCUT2D eigenvalue weighted by Crippen LogP contribution is -2.50. The fourth-order valence-electron chi connectivity index (χ4n) is 3.58. The molecule has 0 amide bonds. The van der Waals surface area contributed by atoms with Gasteiger partial charge in [0.1, 0.15) is 0 Å². The van der Waals surface area contributed by atoms with Crippen molar-refractivity contribution in [3.05, 3.63) is 0 Å². The molecule has 2 saturated carbocycles. The molecule has 3 aliphatic rings. The number of hydrazine groups is 1. The molecule has 4 nitrogen and oxygen atoms in total. The number of aliphatic imine (C=N–C) groups is 1. The first-order valence-electron chi connectivity index (χ1n) is 7.61. The fourth-order valence-corrected chi connectivity index (χ4v) is 3.58. The van der Waals surface area contributed by atoms with E-state index in [1.807, 2.05) is 0 Å². The third-order valence-corrected chi connectivity index (χ3v) is 5.02. The molecule has 0 bridgehead atoms. The van der Waals surface area contributed by atoms with Gasteiger partial charge in [0.2, 0.25) is 5.96 Å². The average molecular weight is 250 g/mol. The third kappa shape index (κ3) is 2.63. The highest BCUT2D eigenvalue weighted by atomic mass is 15.4. The maximum atomic E-state index is 5.63. The highest BCUT2D eigenvalue weighted by Gasteiger charge is 2.36. The molecule has 1 saturated heterocycles. The monoisotopic (exact) mass is 250 g/mol. The summed E-state index contributed by atoms with van der Waals surface area (Å²) in [5.41, 5.74) is 3.47. The van der Waals surface area contributed by atoms with E-state index in [0.29, 0.717) is 11.5 Å². The number of hydrogen-bond acceptors (Lipinski definition) is 2. The number of hydrogen-bond donors (Lipinski definition) is 2. The highest BCUT2D eigenvalue weighted by molar-refractivity contribution is 5.79. The van der Waals surface area contributed by atoms with Crippen molar-refractivity contribution in [3.8, 4) is 0 Å². The lowest BCUT2D eigenvalue weighted by molar-refractivity contribution is 0.0962. The van der Waals surface area contributed by atoms with Gasteiger partial charge in [-0.15, -0.1) is 0 Å². The van der Waals surface area contributed by atoms with Gasteiger partial charge in [0.05, 0.1) is 6.04 Å². The molecule has 1 aliphatic heterocycles. The molecule has 102 valence electrons. The van der Waals surface area contributed by atoms with Crippen molar-refractivity contribution in [1.82, 2.24) is 10.3 Å². The van der Waals surface area contributed by atoms with Crippen molar-refractivity contribution in [2.75, 3.05) is 13.1 Å². The molecule has 18 heavy (non-hydrogen) atoms. The normalized spacial score (nSPS) is 28.5. The van der Waals surface area contributed by atoms with Crippen molar-refractivity contribution in [3.63, 3.8) is 0 Å². The fraction of sp³-hybridized carbons (Fsp3) is 0.929. The van der Waals surface area contributed by atoms with Gasteiger partial charge in [-0.3, -0.25) is 5.43 Å². The quantitative estimate of drug-likeness (QED) is 0.324. The van der Waals surface area contributed by atoms with Gasteiger partial charge in [-0.05, 0) is 43.9 Å². The van der Waals surface area contributed by atoms with Crippen LogP contribution in [0, 0.1) is 5.41 Å². The summed E-state index contributed by atoms with van der Waals surface area (Å²) in [6.07, 6.45) is 12.4. The van der Waals surface area contributed by atoms with E-state index in [2.05, 4.69) is 15.3 Å². The second-order valence-electron chi connectivity index (χ2n) is 6.38. The number of guanidine groups is 1. The van der Waals surface area contributed by atoms with Crippen LogP contribution in [0.2, 0.25) is 0 Å². The zero-order chi connectivity index (χ0) is 12.4. The zero-order valence-electron chi connectivity index (χ0n) is 11.3. The van der Waals surface area contributed by atoms with Crippen LogP contribution in [-0.4, -0.2) is 30.0 Å². The van der Waals surface area contributed by atoms with Crippen LogP contribution in [0.25, 0.3) is 0 Å². The minimum absolute atomic E-state index is 0.543.